The van der Waals surface area contributed by atoms with Gasteiger partial charge in [-0.05, 0) is 0 Å². The Bertz CT molecular complexity index is 94.7. The van der Waals surface area contributed by atoms with Crippen molar-refractivity contribution in [3.63, 3.8) is 0 Å². The molecule has 0 radical (unpaired) electrons. The van der Waals surface area contributed by atoms with Crippen LogP contribution < -0.4 is 0 Å². The number of hydrogen-bond acceptors (Lipinski definition) is 2. The van der Waals surface area contributed by atoms with Gasteiger partial charge in [0.2, 0.25) is 0 Å². The van der Waals surface area contributed by atoms with Crippen molar-refractivity contribution >= 4 is 60.0 Å². The van der Waals surface area contributed by atoms with Crippen molar-refractivity contribution in [3.8, 4) is 0 Å². The molecule has 0 aliphatic heterocycles. The van der Waals surface area contributed by atoms with Gasteiger partial charge in [0.25, 0.3) is 0 Å². The zero-order valence-corrected chi connectivity index (χ0v) is 12.0. The summed E-state index contributed by atoms with van der Waals surface area (Å²) in [5, 5.41) is 0. The molecule has 0 bridgehead atoms. The molecule has 6 heavy (non-hydrogen) atoms. The van der Waals surface area contributed by atoms with E-state index in [1.54, 1.807) is 0 Å². The van der Waals surface area contributed by atoms with Gasteiger partial charge in [-0.25, -0.2) is 0 Å². The van der Waals surface area contributed by atoms with Crippen LogP contribution in [-0.2, 0) is 6.21 Å². The zero-order valence-electron chi connectivity index (χ0n) is 2.69. The summed E-state index contributed by atoms with van der Waals surface area (Å²) in [7, 11) is 8.75. The summed E-state index contributed by atoms with van der Waals surface area (Å²) < 4.78 is 18.5. The first-order chi connectivity index (χ1) is 2.00. The van der Waals surface area contributed by atoms with E-state index < -0.39 is 15.9 Å². The first-order valence-electron chi connectivity index (χ1n) is 0.642. The number of rotatable bonds is 0. The van der Waals surface area contributed by atoms with Gasteiger partial charge in [-0.2, -0.15) is 0 Å². The van der Waals surface area contributed by atoms with E-state index in [2.05, 4.69) is 17.9 Å². The summed E-state index contributed by atoms with van der Waals surface area (Å²) in [4.78, 5) is 0. The maximum absolute atomic E-state index is 9.27. The van der Waals surface area contributed by atoms with E-state index in [9.17, 15) is 6.21 Å². The van der Waals surface area contributed by atoms with Crippen LogP contribution in [0.25, 0.3) is 0 Å². The minimum atomic E-state index is -4.58. The van der Waals surface area contributed by atoms with Gasteiger partial charge in [0, 0.05) is 0 Å². The molecule has 0 amide bonds. The molecule has 0 atom stereocenters. The molecule has 0 aromatic heterocycles. The summed E-state index contributed by atoms with van der Waals surface area (Å²) in [5.41, 5.74) is 0. The van der Waals surface area contributed by atoms with E-state index in [-0.39, 0.29) is 26.2 Å². The second-order valence-electron chi connectivity index (χ2n) is 0.378. The van der Waals surface area contributed by atoms with Gasteiger partial charge in [0.05, 0.1) is 0 Å². The maximum atomic E-state index is 9.27. The van der Waals surface area contributed by atoms with Gasteiger partial charge in [-0.1, -0.05) is 0 Å². The summed E-state index contributed by atoms with van der Waals surface area (Å²) in [5.74, 6) is 0. The van der Waals surface area contributed by atoms with Crippen molar-refractivity contribution in [1.82, 2.24) is 0 Å². The number of hydrogen-bond donors (Lipinski definition) is 0. The molecule has 2 nitrogen and oxygen atoms in total. The van der Waals surface area contributed by atoms with Crippen molar-refractivity contribution in [2.45, 2.75) is 0 Å². The summed E-state index contributed by atoms with van der Waals surface area (Å²) in [6.07, 6.45) is 0. The topological polar surface area (TPSA) is 34.1 Å². The molecule has 0 saturated carbocycles. The van der Waals surface area contributed by atoms with Crippen LogP contribution >= 0.6 is 17.9 Å². The molecule has 0 saturated heterocycles. The SMILES string of the molecule is O=[Te](=O)(Cl)Cl.[BiH3]. The van der Waals surface area contributed by atoms with Crippen LogP contribution in [0.2, 0.25) is 0 Å². The van der Waals surface area contributed by atoms with Crippen molar-refractivity contribution in [3.05, 3.63) is 0 Å². The van der Waals surface area contributed by atoms with Crippen molar-refractivity contribution in [2.24, 2.45) is 0 Å². The Hall–Kier alpha value is 1.85. The third-order valence-electron chi connectivity index (χ3n) is 0. The average molecular weight is 443 g/mol. The molecule has 0 aromatic carbocycles. The molecule has 0 fully saturated rings. The summed E-state index contributed by atoms with van der Waals surface area (Å²) in [6, 6.07) is 0. The van der Waals surface area contributed by atoms with E-state index in [1.165, 1.54) is 0 Å². The van der Waals surface area contributed by atoms with E-state index >= 15 is 0 Å². The second-order valence-corrected chi connectivity index (χ2v) is 9.05. The molecule has 0 spiro atoms. The molecular formula is H3BiCl2O2Te. The van der Waals surface area contributed by atoms with Gasteiger partial charge < -0.3 is 0 Å². The van der Waals surface area contributed by atoms with Crippen LogP contribution in [0.3, 0.4) is 0 Å². The molecule has 0 aromatic rings. The van der Waals surface area contributed by atoms with Crippen molar-refractivity contribution < 1.29 is 6.21 Å². The van der Waals surface area contributed by atoms with Gasteiger partial charge in [-0.15, -0.1) is 0 Å². The van der Waals surface area contributed by atoms with Gasteiger partial charge >= 0.3 is 66.2 Å². The average Bonchev–Trinajstić information content (AvgIpc) is 0.722. The van der Waals surface area contributed by atoms with Crippen molar-refractivity contribution in [1.29, 1.82) is 0 Å². The Morgan fingerprint density at radius 2 is 1.17 bits per heavy atom. The molecule has 0 heterocycles. The van der Waals surface area contributed by atoms with E-state index in [4.69, 9.17) is 0 Å². The van der Waals surface area contributed by atoms with Crippen molar-refractivity contribution in [2.75, 3.05) is 0 Å². The Morgan fingerprint density at radius 1 is 1.17 bits per heavy atom. The molecule has 6 heteroatoms. The van der Waals surface area contributed by atoms with Crippen LogP contribution in [0.5, 0.6) is 0 Å². The Morgan fingerprint density at radius 3 is 1.17 bits per heavy atom. The quantitative estimate of drug-likeness (QED) is 0.478. The molecule has 0 rings (SSSR count). The van der Waals surface area contributed by atoms with E-state index in [1.807, 2.05) is 0 Å². The third-order valence-corrected chi connectivity index (χ3v) is 0. The summed E-state index contributed by atoms with van der Waals surface area (Å²) in [6.45, 7) is 0. The Labute approximate surface area is 65.3 Å². The molecule has 0 aliphatic rings. The fraction of sp³-hybridized carbons (Fsp3) is 0. The molecule has 40 valence electrons. The van der Waals surface area contributed by atoms with Crippen LogP contribution in [0.4, 0.5) is 0 Å². The molecule has 0 aliphatic carbocycles. The van der Waals surface area contributed by atoms with Gasteiger partial charge in [-0.3, -0.25) is 0 Å². The predicted molar refractivity (Wildman–Crippen MR) is 28.8 cm³/mol. The fourth-order valence-electron chi connectivity index (χ4n) is 0. The third kappa shape index (κ3) is 40.2. The van der Waals surface area contributed by atoms with E-state index in [0.29, 0.717) is 0 Å². The standard InChI is InChI=1S/Bi.Cl2O2Te.3H/c;1-5(2,3)4;;;. The van der Waals surface area contributed by atoms with E-state index in [0.717, 1.165) is 0 Å². The fourth-order valence-corrected chi connectivity index (χ4v) is 0. The first kappa shape index (κ1) is 10.8. The van der Waals surface area contributed by atoms with Crippen LogP contribution in [-0.4, -0.2) is 42.1 Å². The first-order valence-corrected chi connectivity index (χ1v) is 8.45. The molecule has 0 N–H and O–H groups in total. The minimum absolute atomic E-state index is 0. The predicted octanol–water partition coefficient (Wildman–Crippen LogP) is -0.423. The summed E-state index contributed by atoms with van der Waals surface area (Å²) >= 11 is -4.58. The Kier molecular flexibility index (Phi) is 6.83. The monoisotopic (exact) mass is 444 g/mol. The zero-order chi connectivity index (χ0) is 4.50. The second kappa shape index (κ2) is 3.81. The van der Waals surface area contributed by atoms with Crippen LogP contribution in [0.1, 0.15) is 0 Å². The van der Waals surface area contributed by atoms with Gasteiger partial charge in [0.15, 0.2) is 0 Å². The number of halogens is 2. The Balaban J connectivity index is 0. The van der Waals surface area contributed by atoms with Crippen LogP contribution in [0.15, 0.2) is 0 Å². The normalized spacial score (nSPS) is 9.67. The molecular weight excluding hydrogens is 439 g/mol. The molecule has 0 unspecified atom stereocenters. The van der Waals surface area contributed by atoms with Crippen LogP contribution in [0, 0.1) is 0 Å². The van der Waals surface area contributed by atoms with Gasteiger partial charge in [0.1, 0.15) is 0 Å².